The first-order chi connectivity index (χ1) is 7.56. The topological polar surface area (TPSA) is 60.8 Å². The van der Waals surface area contributed by atoms with Crippen molar-refractivity contribution in [3.63, 3.8) is 0 Å². The summed E-state index contributed by atoms with van der Waals surface area (Å²) in [4.78, 5) is 13.7. The number of phenols is 2. The molecule has 0 aliphatic carbocycles. The summed E-state index contributed by atoms with van der Waals surface area (Å²) in [7, 11) is 0. The molecule has 1 aliphatic rings. The summed E-state index contributed by atoms with van der Waals surface area (Å²) >= 11 is 0. The zero-order valence-corrected chi connectivity index (χ0v) is 9.18. The van der Waals surface area contributed by atoms with Gasteiger partial charge in [0, 0.05) is 24.7 Å². The molecule has 4 heteroatoms. The van der Waals surface area contributed by atoms with Gasteiger partial charge in [0.25, 0.3) is 5.91 Å². The van der Waals surface area contributed by atoms with Gasteiger partial charge in [0.2, 0.25) is 0 Å². The van der Waals surface area contributed by atoms with Crippen LogP contribution in [0, 0.1) is 5.92 Å². The van der Waals surface area contributed by atoms with E-state index in [0.29, 0.717) is 11.5 Å². The summed E-state index contributed by atoms with van der Waals surface area (Å²) in [6.45, 7) is 3.60. The van der Waals surface area contributed by atoms with Crippen LogP contribution >= 0.6 is 0 Å². The number of likely N-dealkylation sites (tertiary alicyclic amines) is 1. The van der Waals surface area contributed by atoms with Crippen molar-refractivity contribution >= 4 is 5.91 Å². The number of benzene rings is 1. The molecule has 16 heavy (non-hydrogen) atoms. The van der Waals surface area contributed by atoms with Gasteiger partial charge in [-0.25, -0.2) is 0 Å². The maximum atomic E-state index is 12.0. The Balaban J connectivity index is 2.20. The second-order valence-corrected chi connectivity index (χ2v) is 4.38. The Kier molecular flexibility index (Phi) is 2.73. The van der Waals surface area contributed by atoms with Crippen LogP contribution in [0.5, 0.6) is 11.5 Å². The molecule has 2 rings (SSSR count). The normalized spacial score (nSPS) is 20.1. The summed E-state index contributed by atoms with van der Waals surface area (Å²) in [6, 6.07) is 3.97. The Labute approximate surface area is 94.1 Å². The highest BCUT2D eigenvalue weighted by Crippen LogP contribution is 2.23. The lowest BCUT2D eigenvalue weighted by atomic mass is 10.1. The summed E-state index contributed by atoms with van der Waals surface area (Å²) in [5, 5.41) is 18.6. The highest BCUT2D eigenvalue weighted by molar-refractivity contribution is 5.95. The number of hydrogen-bond acceptors (Lipinski definition) is 3. The van der Waals surface area contributed by atoms with E-state index in [-0.39, 0.29) is 17.4 Å². The van der Waals surface area contributed by atoms with Gasteiger partial charge in [-0.1, -0.05) is 6.92 Å². The highest BCUT2D eigenvalue weighted by Gasteiger charge is 2.24. The van der Waals surface area contributed by atoms with E-state index in [9.17, 15) is 15.0 Å². The first-order valence-electron chi connectivity index (χ1n) is 5.38. The molecular weight excluding hydrogens is 206 g/mol. The van der Waals surface area contributed by atoms with Crippen LogP contribution in [0.1, 0.15) is 23.7 Å². The van der Waals surface area contributed by atoms with Crippen LogP contribution in [0.3, 0.4) is 0 Å². The minimum atomic E-state index is -0.129. The molecule has 1 aliphatic heterocycles. The molecule has 86 valence electrons. The molecule has 1 amide bonds. The molecule has 1 aromatic rings. The molecule has 0 bridgehead atoms. The number of nitrogens with zero attached hydrogens (tertiary/aromatic N) is 1. The predicted octanol–water partition coefficient (Wildman–Crippen LogP) is 1.58. The number of carbonyl (C=O) groups is 1. The second kappa shape index (κ2) is 4.04. The smallest absolute Gasteiger partial charge is 0.254 e. The van der Waals surface area contributed by atoms with Crippen molar-refractivity contribution in [1.29, 1.82) is 0 Å². The van der Waals surface area contributed by atoms with Crippen molar-refractivity contribution in [2.24, 2.45) is 5.92 Å². The zero-order valence-electron chi connectivity index (χ0n) is 9.18. The predicted molar refractivity (Wildman–Crippen MR) is 59.5 cm³/mol. The first kappa shape index (κ1) is 10.8. The third kappa shape index (κ3) is 2.10. The van der Waals surface area contributed by atoms with Crippen LogP contribution in [0.2, 0.25) is 0 Å². The molecule has 1 fully saturated rings. The second-order valence-electron chi connectivity index (χ2n) is 4.38. The fourth-order valence-corrected chi connectivity index (χ4v) is 2.02. The van der Waals surface area contributed by atoms with E-state index in [1.165, 1.54) is 18.2 Å². The van der Waals surface area contributed by atoms with Crippen molar-refractivity contribution in [1.82, 2.24) is 4.90 Å². The maximum Gasteiger partial charge on any atom is 0.254 e. The standard InChI is InChI=1S/C12H15NO3/c1-8-2-3-13(7-8)12(16)9-4-10(14)6-11(15)5-9/h4-6,8,14-15H,2-3,7H2,1H3. The molecule has 1 aromatic carbocycles. The Morgan fingerprint density at radius 1 is 1.31 bits per heavy atom. The summed E-state index contributed by atoms with van der Waals surface area (Å²) in [6.07, 6.45) is 1.01. The Bertz CT molecular complexity index is 396. The van der Waals surface area contributed by atoms with Crippen LogP contribution in [0.15, 0.2) is 18.2 Å². The fourth-order valence-electron chi connectivity index (χ4n) is 2.02. The number of phenolic OH excluding ortho intramolecular Hbond substituents is 2. The van der Waals surface area contributed by atoms with Gasteiger partial charge in [-0.15, -0.1) is 0 Å². The molecule has 1 unspecified atom stereocenters. The first-order valence-corrected chi connectivity index (χ1v) is 5.38. The monoisotopic (exact) mass is 221 g/mol. The van der Waals surface area contributed by atoms with Crippen LogP contribution in [-0.2, 0) is 0 Å². The average molecular weight is 221 g/mol. The summed E-state index contributed by atoms with van der Waals surface area (Å²) < 4.78 is 0. The van der Waals surface area contributed by atoms with Crippen LogP contribution < -0.4 is 0 Å². The maximum absolute atomic E-state index is 12.0. The fraction of sp³-hybridized carbons (Fsp3) is 0.417. The molecule has 1 saturated heterocycles. The van der Waals surface area contributed by atoms with Gasteiger partial charge in [0.15, 0.2) is 0 Å². The van der Waals surface area contributed by atoms with Gasteiger partial charge < -0.3 is 15.1 Å². The third-order valence-electron chi connectivity index (χ3n) is 2.86. The average Bonchev–Trinajstić information content (AvgIpc) is 2.62. The largest absolute Gasteiger partial charge is 0.508 e. The van der Waals surface area contributed by atoms with Crippen LogP contribution in [0.4, 0.5) is 0 Å². The summed E-state index contributed by atoms with van der Waals surface area (Å²) in [5.41, 5.74) is 0.339. The lowest BCUT2D eigenvalue weighted by Gasteiger charge is -2.16. The van der Waals surface area contributed by atoms with E-state index in [2.05, 4.69) is 6.92 Å². The van der Waals surface area contributed by atoms with Gasteiger partial charge >= 0.3 is 0 Å². The molecular formula is C12H15NO3. The number of rotatable bonds is 1. The van der Waals surface area contributed by atoms with Gasteiger partial charge in [0.05, 0.1) is 0 Å². The van der Waals surface area contributed by atoms with Crippen molar-refractivity contribution in [2.45, 2.75) is 13.3 Å². The quantitative estimate of drug-likeness (QED) is 0.756. The Morgan fingerprint density at radius 3 is 2.44 bits per heavy atom. The zero-order chi connectivity index (χ0) is 11.7. The van der Waals surface area contributed by atoms with E-state index >= 15 is 0 Å². The molecule has 2 N–H and O–H groups in total. The van der Waals surface area contributed by atoms with Gasteiger partial charge in [-0.3, -0.25) is 4.79 Å². The molecule has 4 nitrogen and oxygen atoms in total. The van der Waals surface area contributed by atoms with E-state index in [0.717, 1.165) is 19.5 Å². The molecule has 0 spiro atoms. The molecule has 0 radical (unpaired) electrons. The lowest BCUT2D eigenvalue weighted by molar-refractivity contribution is 0.0787. The minimum Gasteiger partial charge on any atom is -0.508 e. The van der Waals surface area contributed by atoms with Crippen molar-refractivity contribution in [2.75, 3.05) is 13.1 Å². The number of hydrogen-bond donors (Lipinski definition) is 2. The minimum absolute atomic E-state index is 0.0874. The third-order valence-corrected chi connectivity index (χ3v) is 2.86. The van der Waals surface area contributed by atoms with E-state index in [1.54, 1.807) is 4.90 Å². The Hall–Kier alpha value is -1.71. The molecule has 0 saturated carbocycles. The van der Waals surface area contributed by atoms with E-state index in [1.807, 2.05) is 0 Å². The highest BCUT2D eigenvalue weighted by atomic mass is 16.3. The van der Waals surface area contributed by atoms with Crippen LogP contribution in [0.25, 0.3) is 0 Å². The van der Waals surface area contributed by atoms with Gasteiger partial charge in [-0.05, 0) is 24.5 Å². The Morgan fingerprint density at radius 2 is 1.94 bits per heavy atom. The van der Waals surface area contributed by atoms with Gasteiger partial charge in [0.1, 0.15) is 11.5 Å². The van der Waals surface area contributed by atoms with E-state index in [4.69, 9.17) is 0 Å². The number of amides is 1. The van der Waals surface area contributed by atoms with Crippen molar-refractivity contribution in [3.8, 4) is 11.5 Å². The van der Waals surface area contributed by atoms with Crippen molar-refractivity contribution in [3.05, 3.63) is 23.8 Å². The number of aromatic hydroxyl groups is 2. The van der Waals surface area contributed by atoms with Crippen molar-refractivity contribution < 1.29 is 15.0 Å². The summed E-state index contributed by atoms with van der Waals surface area (Å²) in [5.74, 6) is 0.219. The molecule has 0 aromatic heterocycles. The van der Waals surface area contributed by atoms with Gasteiger partial charge in [-0.2, -0.15) is 0 Å². The molecule has 1 heterocycles. The van der Waals surface area contributed by atoms with Crippen LogP contribution in [-0.4, -0.2) is 34.1 Å². The lowest BCUT2D eigenvalue weighted by Crippen LogP contribution is -2.28. The van der Waals surface area contributed by atoms with E-state index < -0.39 is 0 Å². The number of carbonyl (C=O) groups excluding carboxylic acids is 1. The SMILES string of the molecule is CC1CCN(C(=O)c2cc(O)cc(O)c2)C1. The molecule has 1 atom stereocenters.